The Balaban J connectivity index is 1.57. The van der Waals surface area contributed by atoms with Crippen LogP contribution in [0.1, 0.15) is 16.2 Å². The molecule has 25 heavy (non-hydrogen) atoms. The third-order valence-corrected chi connectivity index (χ3v) is 3.82. The number of ether oxygens (including phenoxy) is 1. The van der Waals surface area contributed by atoms with Gasteiger partial charge in [0.15, 0.2) is 5.82 Å². The van der Waals surface area contributed by atoms with E-state index in [-0.39, 0.29) is 11.6 Å². The summed E-state index contributed by atoms with van der Waals surface area (Å²) in [6.07, 6.45) is 0. The van der Waals surface area contributed by atoms with E-state index in [2.05, 4.69) is 9.97 Å². The van der Waals surface area contributed by atoms with Crippen LogP contribution in [0.15, 0.2) is 72.8 Å². The summed E-state index contributed by atoms with van der Waals surface area (Å²) >= 11 is 0. The Labute approximate surface area is 144 Å². The topological polar surface area (TPSA) is 81.0 Å². The predicted octanol–water partition coefficient (Wildman–Crippen LogP) is 4.17. The van der Waals surface area contributed by atoms with Crippen molar-refractivity contribution in [2.75, 3.05) is 5.73 Å². The Kier molecular flexibility index (Phi) is 3.67. The summed E-state index contributed by atoms with van der Waals surface area (Å²) in [4.78, 5) is 20.0. The van der Waals surface area contributed by atoms with Crippen molar-refractivity contribution in [1.82, 2.24) is 9.97 Å². The first-order valence-electron chi connectivity index (χ1n) is 7.82. The number of hydrogen-bond acceptors (Lipinski definition) is 4. The van der Waals surface area contributed by atoms with Gasteiger partial charge < -0.3 is 15.5 Å². The maximum absolute atomic E-state index is 12.6. The van der Waals surface area contributed by atoms with Crippen LogP contribution in [0.2, 0.25) is 0 Å². The number of imidazole rings is 1. The minimum absolute atomic E-state index is 0.180. The van der Waals surface area contributed by atoms with Crippen LogP contribution in [-0.4, -0.2) is 15.8 Å². The molecule has 0 amide bonds. The molecule has 1 heterocycles. The van der Waals surface area contributed by atoms with Crippen molar-refractivity contribution in [2.24, 2.45) is 0 Å². The minimum atomic E-state index is -0.180. The van der Waals surface area contributed by atoms with Crippen molar-refractivity contribution >= 4 is 22.5 Å². The van der Waals surface area contributed by atoms with Gasteiger partial charge in [0, 0.05) is 11.3 Å². The molecular weight excluding hydrogens is 314 g/mol. The normalized spacial score (nSPS) is 10.7. The molecule has 1 aromatic heterocycles. The van der Waals surface area contributed by atoms with Gasteiger partial charge in [0.05, 0.1) is 11.0 Å². The summed E-state index contributed by atoms with van der Waals surface area (Å²) in [7, 11) is 0. The number of aromatic nitrogens is 2. The summed E-state index contributed by atoms with van der Waals surface area (Å²) in [5.41, 5.74) is 8.36. The van der Waals surface area contributed by atoms with Gasteiger partial charge in [0.25, 0.3) is 0 Å². The maximum Gasteiger partial charge on any atom is 0.228 e. The molecule has 122 valence electrons. The standard InChI is InChI=1S/C20H15N3O2/c21-14-8-11-17-18(12-14)23-20(22-17)19(24)13-6-9-16(10-7-13)25-15-4-2-1-3-5-15/h1-12H,21H2,(H,22,23). The molecule has 0 unspecified atom stereocenters. The molecule has 0 aliphatic rings. The second-order valence-electron chi connectivity index (χ2n) is 5.63. The molecule has 0 bridgehead atoms. The molecule has 0 aliphatic carbocycles. The van der Waals surface area contributed by atoms with Gasteiger partial charge in [0.1, 0.15) is 11.5 Å². The molecule has 0 saturated heterocycles. The van der Waals surface area contributed by atoms with Crippen molar-refractivity contribution < 1.29 is 9.53 Å². The molecule has 4 rings (SSSR count). The number of fused-ring (bicyclic) bond motifs is 1. The first-order valence-corrected chi connectivity index (χ1v) is 7.82. The van der Waals surface area contributed by atoms with Crippen LogP contribution in [0, 0.1) is 0 Å². The number of H-pyrrole nitrogens is 1. The van der Waals surface area contributed by atoms with Gasteiger partial charge >= 0.3 is 0 Å². The Morgan fingerprint density at radius 2 is 1.64 bits per heavy atom. The molecule has 3 N–H and O–H groups in total. The highest BCUT2D eigenvalue weighted by molar-refractivity contribution is 6.08. The molecule has 0 fully saturated rings. The van der Waals surface area contributed by atoms with Crippen molar-refractivity contribution in [1.29, 1.82) is 0 Å². The first-order chi connectivity index (χ1) is 12.2. The summed E-state index contributed by atoms with van der Waals surface area (Å²) in [5.74, 6) is 1.52. The Morgan fingerprint density at radius 1 is 0.920 bits per heavy atom. The predicted molar refractivity (Wildman–Crippen MR) is 96.9 cm³/mol. The second kappa shape index (κ2) is 6.13. The second-order valence-corrected chi connectivity index (χ2v) is 5.63. The van der Waals surface area contributed by atoms with E-state index in [1.807, 2.05) is 30.3 Å². The molecule has 5 heteroatoms. The van der Waals surface area contributed by atoms with Gasteiger partial charge in [0.2, 0.25) is 5.78 Å². The van der Waals surface area contributed by atoms with Crippen LogP contribution in [0.4, 0.5) is 5.69 Å². The monoisotopic (exact) mass is 329 g/mol. The zero-order valence-corrected chi connectivity index (χ0v) is 13.3. The molecule has 3 aromatic carbocycles. The van der Waals surface area contributed by atoms with Gasteiger partial charge in [-0.05, 0) is 54.6 Å². The zero-order valence-electron chi connectivity index (χ0n) is 13.3. The molecule has 4 aromatic rings. The lowest BCUT2D eigenvalue weighted by molar-refractivity contribution is 0.103. The highest BCUT2D eigenvalue weighted by atomic mass is 16.5. The molecule has 0 saturated carbocycles. The average Bonchev–Trinajstić information content (AvgIpc) is 3.06. The third kappa shape index (κ3) is 3.07. The van der Waals surface area contributed by atoms with Crippen LogP contribution >= 0.6 is 0 Å². The van der Waals surface area contributed by atoms with Crippen LogP contribution in [-0.2, 0) is 0 Å². The number of aromatic amines is 1. The van der Waals surface area contributed by atoms with Gasteiger partial charge in [-0.3, -0.25) is 4.79 Å². The Bertz CT molecular complexity index is 1040. The van der Waals surface area contributed by atoms with E-state index in [0.29, 0.717) is 22.5 Å². The summed E-state index contributed by atoms with van der Waals surface area (Å²) in [5, 5.41) is 0. The fourth-order valence-electron chi connectivity index (χ4n) is 2.57. The Hall–Kier alpha value is -3.60. The number of anilines is 1. The van der Waals surface area contributed by atoms with Crippen molar-refractivity contribution in [3.63, 3.8) is 0 Å². The molecular formula is C20H15N3O2. The van der Waals surface area contributed by atoms with Gasteiger partial charge in [-0.2, -0.15) is 0 Å². The largest absolute Gasteiger partial charge is 0.457 e. The van der Waals surface area contributed by atoms with E-state index < -0.39 is 0 Å². The van der Waals surface area contributed by atoms with Crippen molar-refractivity contribution in [3.05, 3.63) is 84.2 Å². The number of ketones is 1. The first kappa shape index (κ1) is 15.0. The van der Waals surface area contributed by atoms with E-state index in [9.17, 15) is 4.79 Å². The number of carbonyl (C=O) groups excluding carboxylic acids is 1. The van der Waals surface area contributed by atoms with E-state index in [4.69, 9.17) is 10.5 Å². The number of nitrogen functional groups attached to an aromatic ring is 1. The SMILES string of the molecule is Nc1ccc2nc(C(=O)c3ccc(Oc4ccccc4)cc3)[nH]c2c1. The van der Waals surface area contributed by atoms with Crippen LogP contribution in [0.3, 0.4) is 0 Å². The number of benzene rings is 3. The molecule has 0 radical (unpaired) electrons. The lowest BCUT2D eigenvalue weighted by atomic mass is 10.1. The number of rotatable bonds is 4. The van der Waals surface area contributed by atoms with E-state index in [1.54, 1.807) is 42.5 Å². The number of carbonyl (C=O) groups is 1. The van der Waals surface area contributed by atoms with Crippen LogP contribution in [0.5, 0.6) is 11.5 Å². The number of nitrogens with zero attached hydrogens (tertiary/aromatic N) is 1. The van der Waals surface area contributed by atoms with E-state index in [1.165, 1.54) is 0 Å². The minimum Gasteiger partial charge on any atom is -0.457 e. The van der Waals surface area contributed by atoms with Gasteiger partial charge in [-0.25, -0.2) is 4.98 Å². The third-order valence-electron chi connectivity index (χ3n) is 3.82. The Morgan fingerprint density at radius 3 is 2.40 bits per heavy atom. The summed E-state index contributed by atoms with van der Waals surface area (Å²) < 4.78 is 5.73. The highest BCUT2D eigenvalue weighted by Crippen LogP contribution is 2.22. The number of nitrogens with two attached hydrogens (primary N) is 1. The van der Waals surface area contributed by atoms with Crippen LogP contribution in [0.25, 0.3) is 11.0 Å². The summed E-state index contributed by atoms with van der Waals surface area (Å²) in [6.45, 7) is 0. The van der Waals surface area contributed by atoms with Crippen molar-refractivity contribution in [2.45, 2.75) is 0 Å². The molecule has 0 aliphatic heterocycles. The zero-order chi connectivity index (χ0) is 17.2. The van der Waals surface area contributed by atoms with Gasteiger partial charge in [-0.15, -0.1) is 0 Å². The number of nitrogens with one attached hydrogen (secondary N) is 1. The highest BCUT2D eigenvalue weighted by Gasteiger charge is 2.14. The lowest BCUT2D eigenvalue weighted by Gasteiger charge is -2.05. The van der Waals surface area contributed by atoms with E-state index in [0.717, 1.165) is 11.3 Å². The number of para-hydroxylation sites is 1. The molecule has 0 atom stereocenters. The molecule has 5 nitrogen and oxygen atoms in total. The van der Waals surface area contributed by atoms with E-state index >= 15 is 0 Å². The molecule has 0 spiro atoms. The average molecular weight is 329 g/mol. The summed E-state index contributed by atoms with van der Waals surface area (Å²) in [6, 6.07) is 21.8. The van der Waals surface area contributed by atoms with Crippen molar-refractivity contribution in [3.8, 4) is 11.5 Å². The quantitative estimate of drug-likeness (QED) is 0.435. The fraction of sp³-hybridized carbons (Fsp3) is 0. The smallest absolute Gasteiger partial charge is 0.228 e. The van der Waals surface area contributed by atoms with Crippen LogP contribution < -0.4 is 10.5 Å². The lowest BCUT2D eigenvalue weighted by Crippen LogP contribution is -2.03. The number of hydrogen-bond donors (Lipinski definition) is 2. The maximum atomic E-state index is 12.6. The fourth-order valence-corrected chi connectivity index (χ4v) is 2.57. The van der Waals surface area contributed by atoms with Gasteiger partial charge in [-0.1, -0.05) is 18.2 Å².